The van der Waals surface area contributed by atoms with Crippen molar-refractivity contribution in [1.29, 1.82) is 0 Å². The fourth-order valence-corrected chi connectivity index (χ4v) is 1.75. The summed E-state index contributed by atoms with van der Waals surface area (Å²) in [6, 6.07) is 0. The molecule has 0 aromatic carbocycles. The Kier molecular flexibility index (Phi) is 2.64. The summed E-state index contributed by atoms with van der Waals surface area (Å²) in [5, 5.41) is 0. The second-order valence-electron chi connectivity index (χ2n) is 3.68. The Bertz CT molecular complexity index is 264. The molecule has 0 aliphatic carbocycles. The summed E-state index contributed by atoms with van der Waals surface area (Å²) in [7, 11) is 0. The molecule has 1 unspecified atom stereocenters. The van der Waals surface area contributed by atoms with Gasteiger partial charge in [-0.2, -0.15) is 0 Å². The first-order valence-corrected chi connectivity index (χ1v) is 4.94. The maximum absolute atomic E-state index is 5.66. The van der Waals surface area contributed by atoms with E-state index < -0.39 is 0 Å². The van der Waals surface area contributed by atoms with E-state index in [-0.39, 0.29) is 0 Å². The molecule has 1 saturated heterocycles. The minimum absolute atomic E-state index is 0.404. The maximum atomic E-state index is 5.66. The zero-order valence-electron chi connectivity index (χ0n) is 8.07. The summed E-state index contributed by atoms with van der Waals surface area (Å²) in [6.07, 6.45) is 7.90. The van der Waals surface area contributed by atoms with Crippen molar-refractivity contribution in [3.05, 3.63) is 18.2 Å². The normalized spacial score (nSPS) is 23.3. The topological polar surface area (TPSA) is 27.1 Å². The van der Waals surface area contributed by atoms with Crippen LogP contribution in [0.15, 0.2) is 12.5 Å². The number of ether oxygens (including phenoxy) is 1. The average molecular weight is 180 g/mol. The van der Waals surface area contributed by atoms with Crippen molar-refractivity contribution >= 4 is 0 Å². The highest BCUT2D eigenvalue weighted by molar-refractivity contribution is 4.94. The Balaban J connectivity index is 1.93. The van der Waals surface area contributed by atoms with Gasteiger partial charge in [0, 0.05) is 18.5 Å². The van der Waals surface area contributed by atoms with Crippen LogP contribution in [-0.4, -0.2) is 22.3 Å². The highest BCUT2D eigenvalue weighted by Crippen LogP contribution is 2.14. The predicted molar refractivity (Wildman–Crippen MR) is 50.6 cm³/mol. The van der Waals surface area contributed by atoms with Crippen molar-refractivity contribution < 1.29 is 4.74 Å². The molecule has 0 amide bonds. The van der Waals surface area contributed by atoms with Crippen molar-refractivity contribution in [1.82, 2.24) is 9.55 Å². The van der Waals surface area contributed by atoms with E-state index in [0.717, 1.165) is 13.2 Å². The van der Waals surface area contributed by atoms with Gasteiger partial charge in [-0.05, 0) is 26.2 Å². The van der Waals surface area contributed by atoms with Gasteiger partial charge in [-0.1, -0.05) is 0 Å². The number of imidazole rings is 1. The quantitative estimate of drug-likeness (QED) is 0.693. The zero-order valence-corrected chi connectivity index (χ0v) is 8.07. The highest BCUT2D eigenvalue weighted by atomic mass is 16.5. The molecule has 1 aromatic heterocycles. The van der Waals surface area contributed by atoms with Crippen LogP contribution in [0.1, 0.15) is 25.0 Å². The molecular formula is C10H16N2O. The van der Waals surface area contributed by atoms with Gasteiger partial charge in [0.15, 0.2) is 0 Å². The van der Waals surface area contributed by atoms with Crippen LogP contribution in [-0.2, 0) is 11.3 Å². The van der Waals surface area contributed by atoms with Crippen molar-refractivity contribution in [2.45, 2.75) is 38.8 Å². The lowest BCUT2D eigenvalue weighted by Crippen LogP contribution is -2.24. The first kappa shape index (κ1) is 8.75. The van der Waals surface area contributed by atoms with Crippen LogP contribution in [0.5, 0.6) is 0 Å². The van der Waals surface area contributed by atoms with E-state index in [1.807, 2.05) is 12.5 Å². The Morgan fingerprint density at radius 3 is 3.15 bits per heavy atom. The molecule has 2 heterocycles. The molecule has 3 heteroatoms. The van der Waals surface area contributed by atoms with E-state index >= 15 is 0 Å². The van der Waals surface area contributed by atoms with Gasteiger partial charge in [-0.3, -0.25) is 0 Å². The lowest BCUT2D eigenvalue weighted by molar-refractivity contribution is 0.00568. The molecule has 0 N–H and O–H groups in total. The van der Waals surface area contributed by atoms with Gasteiger partial charge in [0.05, 0.1) is 19.0 Å². The van der Waals surface area contributed by atoms with Crippen molar-refractivity contribution in [3.63, 3.8) is 0 Å². The SMILES string of the molecule is Cc1cncn1CC1CCCCO1. The van der Waals surface area contributed by atoms with Crippen LogP contribution in [0.2, 0.25) is 0 Å². The zero-order chi connectivity index (χ0) is 9.10. The molecule has 0 saturated carbocycles. The second-order valence-corrected chi connectivity index (χ2v) is 3.68. The molecule has 1 atom stereocenters. The van der Waals surface area contributed by atoms with Gasteiger partial charge in [0.25, 0.3) is 0 Å². The van der Waals surface area contributed by atoms with E-state index in [2.05, 4.69) is 16.5 Å². The molecular weight excluding hydrogens is 164 g/mol. The molecule has 1 aliphatic heterocycles. The van der Waals surface area contributed by atoms with E-state index in [1.54, 1.807) is 0 Å². The van der Waals surface area contributed by atoms with E-state index in [0.29, 0.717) is 6.10 Å². The Hall–Kier alpha value is -0.830. The van der Waals surface area contributed by atoms with Crippen molar-refractivity contribution in [2.24, 2.45) is 0 Å². The monoisotopic (exact) mass is 180 g/mol. The molecule has 0 bridgehead atoms. The third-order valence-electron chi connectivity index (χ3n) is 2.59. The van der Waals surface area contributed by atoms with Crippen molar-refractivity contribution in [3.8, 4) is 0 Å². The van der Waals surface area contributed by atoms with Crippen LogP contribution < -0.4 is 0 Å². The molecule has 1 fully saturated rings. The molecule has 0 spiro atoms. The highest BCUT2D eigenvalue weighted by Gasteiger charge is 2.14. The van der Waals surface area contributed by atoms with Crippen LogP contribution in [0.4, 0.5) is 0 Å². The van der Waals surface area contributed by atoms with Crippen molar-refractivity contribution in [2.75, 3.05) is 6.61 Å². The first-order valence-electron chi connectivity index (χ1n) is 4.94. The minimum atomic E-state index is 0.404. The largest absolute Gasteiger partial charge is 0.376 e. The first-order chi connectivity index (χ1) is 6.36. The number of nitrogens with zero attached hydrogens (tertiary/aromatic N) is 2. The number of rotatable bonds is 2. The van der Waals surface area contributed by atoms with Crippen LogP contribution in [0.3, 0.4) is 0 Å². The van der Waals surface area contributed by atoms with Crippen LogP contribution in [0.25, 0.3) is 0 Å². The molecule has 72 valence electrons. The Morgan fingerprint density at radius 1 is 1.62 bits per heavy atom. The van der Waals surface area contributed by atoms with Gasteiger partial charge in [-0.15, -0.1) is 0 Å². The number of hydrogen-bond acceptors (Lipinski definition) is 2. The van der Waals surface area contributed by atoms with Gasteiger partial charge in [-0.25, -0.2) is 4.98 Å². The van der Waals surface area contributed by atoms with Gasteiger partial charge >= 0.3 is 0 Å². The van der Waals surface area contributed by atoms with E-state index in [1.165, 1.54) is 25.0 Å². The summed E-state index contributed by atoms with van der Waals surface area (Å²) in [5.74, 6) is 0. The van der Waals surface area contributed by atoms with Gasteiger partial charge in [0.1, 0.15) is 0 Å². The summed E-state index contributed by atoms with van der Waals surface area (Å²) >= 11 is 0. The summed E-state index contributed by atoms with van der Waals surface area (Å²) in [4.78, 5) is 4.09. The fraction of sp³-hybridized carbons (Fsp3) is 0.700. The Morgan fingerprint density at radius 2 is 2.54 bits per heavy atom. The standard InChI is InChI=1S/C10H16N2O/c1-9-6-11-8-12(9)7-10-4-2-3-5-13-10/h6,8,10H,2-5,7H2,1H3. The van der Waals surface area contributed by atoms with Gasteiger partial charge < -0.3 is 9.30 Å². The fourth-order valence-electron chi connectivity index (χ4n) is 1.75. The number of aromatic nitrogens is 2. The average Bonchev–Trinajstić information content (AvgIpc) is 2.54. The summed E-state index contributed by atoms with van der Waals surface area (Å²) < 4.78 is 7.82. The lowest BCUT2D eigenvalue weighted by atomic mass is 10.1. The minimum Gasteiger partial charge on any atom is -0.376 e. The molecule has 0 radical (unpaired) electrons. The lowest BCUT2D eigenvalue weighted by Gasteiger charge is -2.23. The molecule has 3 nitrogen and oxygen atoms in total. The van der Waals surface area contributed by atoms with E-state index in [9.17, 15) is 0 Å². The van der Waals surface area contributed by atoms with Gasteiger partial charge in [0.2, 0.25) is 0 Å². The van der Waals surface area contributed by atoms with Crippen LogP contribution >= 0.6 is 0 Å². The second kappa shape index (κ2) is 3.92. The molecule has 1 aromatic rings. The maximum Gasteiger partial charge on any atom is 0.0948 e. The summed E-state index contributed by atoms with van der Waals surface area (Å²) in [5.41, 5.74) is 1.22. The Labute approximate surface area is 78.7 Å². The molecule has 1 aliphatic rings. The number of hydrogen-bond donors (Lipinski definition) is 0. The predicted octanol–water partition coefficient (Wildman–Crippen LogP) is 1.76. The third kappa shape index (κ3) is 2.10. The van der Waals surface area contributed by atoms with E-state index in [4.69, 9.17) is 4.74 Å². The van der Waals surface area contributed by atoms with Crippen LogP contribution in [0, 0.1) is 6.92 Å². The smallest absolute Gasteiger partial charge is 0.0948 e. The number of aryl methyl sites for hydroxylation is 1. The third-order valence-corrected chi connectivity index (χ3v) is 2.59. The molecule has 2 rings (SSSR count). The summed E-state index contributed by atoms with van der Waals surface area (Å²) in [6.45, 7) is 3.97. The molecule has 13 heavy (non-hydrogen) atoms.